The van der Waals surface area contributed by atoms with Crippen molar-refractivity contribution in [3.63, 3.8) is 0 Å². The normalized spacial score (nSPS) is 14.0. The number of methoxy groups -OCH3 is 1. The number of hydrogen-bond donors (Lipinski definition) is 1. The molecule has 0 unspecified atom stereocenters. The Labute approximate surface area is 158 Å². The van der Waals surface area contributed by atoms with Gasteiger partial charge in [0.1, 0.15) is 0 Å². The number of benzene rings is 2. The van der Waals surface area contributed by atoms with E-state index < -0.39 is 5.91 Å². The third-order valence-corrected chi connectivity index (χ3v) is 4.47. The fourth-order valence-electron chi connectivity index (χ4n) is 3.06. The lowest BCUT2D eigenvalue weighted by Crippen LogP contribution is -2.48. The molecular formula is C20H23N3O4. The zero-order valence-electron chi connectivity index (χ0n) is 15.3. The second-order valence-corrected chi connectivity index (χ2v) is 6.24. The highest BCUT2D eigenvalue weighted by Gasteiger charge is 2.23. The topological polar surface area (TPSA) is 85.1 Å². The Kier molecular flexibility index (Phi) is 5.80. The molecule has 0 spiro atoms. The van der Waals surface area contributed by atoms with Gasteiger partial charge in [-0.3, -0.25) is 9.59 Å². The summed E-state index contributed by atoms with van der Waals surface area (Å²) < 4.78 is 10.6. The summed E-state index contributed by atoms with van der Waals surface area (Å²) >= 11 is 0. The number of rotatable bonds is 6. The number of carbonyl (C=O) groups is 2. The molecule has 2 amide bonds. The Bertz CT molecular complexity index is 802. The molecule has 0 bridgehead atoms. The van der Waals surface area contributed by atoms with Crippen LogP contribution in [-0.4, -0.2) is 56.6 Å². The van der Waals surface area contributed by atoms with Crippen LogP contribution < -0.4 is 20.1 Å². The predicted molar refractivity (Wildman–Crippen MR) is 102 cm³/mol. The molecule has 1 saturated heterocycles. The molecule has 1 heterocycles. The van der Waals surface area contributed by atoms with Crippen LogP contribution >= 0.6 is 0 Å². The SMILES string of the molecule is COc1cc(C(=O)N2CCN(c3ccccc3)CC2)ccc1OCC(N)=O. The molecule has 1 aliphatic heterocycles. The highest BCUT2D eigenvalue weighted by atomic mass is 16.5. The molecule has 1 fully saturated rings. The maximum atomic E-state index is 12.8. The van der Waals surface area contributed by atoms with Crippen molar-refractivity contribution in [2.24, 2.45) is 5.73 Å². The summed E-state index contributed by atoms with van der Waals surface area (Å²) in [7, 11) is 1.49. The van der Waals surface area contributed by atoms with Crippen molar-refractivity contribution in [2.45, 2.75) is 0 Å². The number of piperazine rings is 1. The van der Waals surface area contributed by atoms with Crippen molar-refractivity contribution >= 4 is 17.5 Å². The van der Waals surface area contributed by atoms with Crippen molar-refractivity contribution in [1.29, 1.82) is 0 Å². The molecule has 0 atom stereocenters. The molecule has 7 heteroatoms. The summed E-state index contributed by atoms with van der Waals surface area (Å²) in [6, 6.07) is 15.1. The molecule has 142 valence electrons. The van der Waals surface area contributed by atoms with E-state index >= 15 is 0 Å². The Balaban J connectivity index is 1.65. The van der Waals surface area contributed by atoms with Gasteiger partial charge in [-0.25, -0.2) is 0 Å². The summed E-state index contributed by atoms with van der Waals surface area (Å²) in [5, 5.41) is 0. The number of primary amides is 1. The van der Waals surface area contributed by atoms with Crippen LogP contribution in [0.3, 0.4) is 0 Å². The number of amides is 2. The summed E-state index contributed by atoms with van der Waals surface area (Å²) in [4.78, 5) is 27.8. The number of carbonyl (C=O) groups excluding carboxylic acids is 2. The highest BCUT2D eigenvalue weighted by molar-refractivity contribution is 5.95. The van der Waals surface area contributed by atoms with Gasteiger partial charge >= 0.3 is 0 Å². The molecule has 7 nitrogen and oxygen atoms in total. The molecule has 0 aromatic heterocycles. The summed E-state index contributed by atoms with van der Waals surface area (Å²) in [6.07, 6.45) is 0. The van der Waals surface area contributed by atoms with Gasteiger partial charge in [-0.05, 0) is 30.3 Å². The van der Waals surface area contributed by atoms with Crippen molar-refractivity contribution in [1.82, 2.24) is 4.90 Å². The van der Waals surface area contributed by atoms with E-state index in [1.54, 1.807) is 18.2 Å². The molecule has 0 aliphatic carbocycles. The van der Waals surface area contributed by atoms with Crippen LogP contribution in [-0.2, 0) is 4.79 Å². The first-order valence-electron chi connectivity index (χ1n) is 8.77. The Hall–Kier alpha value is -3.22. The van der Waals surface area contributed by atoms with Crippen LogP contribution in [0.5, 0.6) is 11.5 Å². The second kappa shape index (κ2) is 8.44. The van der Waals surface area contributed by atoms with Gasteiger partial charge in [0.05, 0.1) is 7.11 Å². The molecule has 0 saturated carbocycles. The van der Waals surface area contributed by atoms with Crippen LogP contribution in [0, 0.1) is 0 Å². The van der Waals surface area contributed by atoms with Crippen molar-refractivity contribution in [3.05, 3.63) is 54.1 Å². The first kappa shape index (κ1) is 18.6. The highest BCUT2D eigenvalue weighted by Crippen LogP contribution is 2.29. The second-order valence-electron chi connectivity index (χ2n) is 6.24. The van der Waals surface area contributed by atoms with Gasteiger partial charge in [0.2, 0.25) is 0 Å². The number of nitrogens with two attached hydrogens (primary N) is 1. The quantitative estimate of drug-likeness (QED) is 0.835. The Morgan fingerprint density at radius 3 is 2.33 bits per heavy atom. The average Bonchev–Trinajstić information content (AvgIpc) is 2.72. The molecule has 3 rings (SSSR count). The van der Waals surface area contributed by atoms with E-state index in [9.17, 15) is 9.59 Å². The molecule has 2 aromatic carbocycles. The molecular weight excluding hydrogens is 346 g/mol. The zero-order chi connectivity index (χ0) is 19.2. The summed E-state index contributed by atoms with van der Waals surface area (Å²) in [5.74, 6) is 0.141. The van der Waals surface area contributed by atoms with Gasteiger partial charge in [0.15, 0.2) is 18.1 Å². The minimum atomic E-state index is -0.575. The van der Waals surface area contributed by atoms with E-state index in [0.29, 0.717) is 30.2 Å². The minimum absolute atomic E-state index is 0.0533. The number of para-hydroxylation sites is 1. The molecule has 0 radical (unpaired) electrons. The fraction of sp³-hybridized carbons (Fsp3) is 0.300. The van der Waals surface area contributed by atoms with Gasteiger partial charge in [0.25, 0.3) is 11.8 Å². The monoisotopic (exact) mass is 369 g/mol. The zero-order valence-corrected chi connectivity index (χ0v) is 15.3. The fourth-order valence-corrected chi connectivity index (χ4v) is 3.06. The van der Waals surface area contributed by atoms with Crippen LogP contribution in [0.4, 0.5) is 5.69 Å². The van der Waals surface area contributed by atoms with E-state index in [4.69, 9.17) is 15.2 Å². The lowest BCUT2D eigenvalue weighted by atomic mass is 10.1. The van der Waals surface area contributed by atoms with Gasteiger partial charge in [-0.2, -0.15) is 0 Å². The van der Waals surface area contributed by atoms with E-state index in [1.165, 1.54) is 12.8 Å². The van der Waals surface area contributed by atoms with E-state index in [2.05, 4.69) is 17.0 Å². The van der Waals surface area contributed by atoms with Gasteiger partial charge < -0.3 is 25.0 Å². The first-order valence-corrected chi connectivity index (χ1v) is 8.77. The number of anilines is 1. The van der Waals surface area contributed by atoms with Crippen molar-refractivity contribution in [2.75, 3.05) is 44.8 Å². The number of nitrogens with zero attached hydrogens (tertiary/aromatic N) is 2. The average molecular weight is 369 g/mol. The summed E-state index contributed by atoms with van der Waals surface area (Å²) in [5.41, 5.74) is 6.78. The van der Waals surface area contributed by atoms with E-state index in [0.717, 1.165) is 13.1 Å². The van der Waals surface area contributed by atoms with Crippen molar-refractivity contribution in [3.8, 4) is 11.5 Å². The van der Waals surface area contributed by atoms with Crippen LogP contribution in [0.25, 0.3) is 0 Å². The standard InChI is InChI=1S/C20H23N3O4/c1-26-18-13-15(7-8-17(18)27-14-19(21)24)20(25)23-11-9-22(10-12-23)16-5-3-2-4-6-16/h2-8,13H,9-12,14H2,1H3,(H2,21,24). The van der Waals surface area contributed by atoms with E-state index in [1.807, 2.05) is 23.1 Å². The third-order valence-electron chi connectivity index (χ3n) is 4.47. The maximum absolute atomic E-state index is 12.8. The molecule has 1 aliphatic rings. The Morgan fingerprint density at radius 1 is 1.00 bits per heavy atom. The molecule has 2 N–H and O–H groups in total. The van der Waals surface area contributed by atoms with Crippen molar-refractivity contribution < 1.29 is 19.1 Å². The van der Waals surface area contributed by atoms with Crippen LogP contribution in [0.2, 0.25) is 0 Å². The van der Waals surface area contributed by atoms with Gasteiger partial charge in [-0.15, -0.1) is 0 Å². The Morgan fingerprint density at radius 2 is 1.70 bits per heavy atom. The third kappa shape index (κ3) is 4.49. The largest absolute Gasteiger partial charge is 0.493 e. The van der Waals surface area contributed by atoms with Gasteiger partial charge in [0, 0.05) is 37.4 Å². The molecule has 2 aromatic rings. The lowest BCUT2D eigenvalue weighted by Gasteiger charge is -2.36. The van der Waals surface area contributed by atoms with Gasteiger partial charge in [-0.1, -0.05) is 18.2 Å². The molecule has 27 heavy (non-hydrogen) atoms. The maximum Gasteiger partial charge on any atom is 0.255 e. The smallest absolute Gasteiger partial charge is 0.255 e. The van der Waals surface area contributed by atoms with Crippen LogP contribution in [0.1, 0.15) is 10.4 Å². The predicted octanol–water partition coefficient (Wildman–Crippen LogP) is 1.52. The van der Waals surface area contributed by atoms with E-state index in [-0.39, 0.29) is 12.5 Å². The lowest BCUT2D eigenvalue weighted by molar-refractivity contribution is -0.119. The van der Waals surface area contributed by atoms with Crippen LogP contribution in [0.15, 0.2) is 48.5 Å². The minimum Gasteiger partial charge on any atom is -0.493 e. The number of hydrogen-bond acceptors (Lipinski definition) is 5. The first-order chi connectivity index (χ1) is 13.1. The summed E-state index contributed by atoms with van der Waals surface area (Å²) in [6.45, 7) is 2.62. The number of ether oxygens (including phenoxy) is 2.